The second-order valence-corrected chi connectivity index (χ2v) is 4.92. The highest BCUT2D eigenvalue weighted by Crippen LogP contribution is 2.21. The molecule has 7 heteroatoms. The van der Waals surface area contributed by atoms with Crippen molar-refractivity contribution >= 4 is 35.0 Å². The van der Waals surface area contributed by atoms with Gasteiger partial charge in [-0.3, -0.25) is 5.21 Å². The van der Waals surface area contributed by atoms with E-state index in [-0.39, 0.29) is 17.9 Å². The lowest BCUT2D eigenvalue weighted by Gasteiger charge is -2.18. The smallest absolute Gasteiger partial charge is 0.350 e. The average Bonchev–Trinajstić information content (AvgIpc) is 2.56. The van der Waals surface area contributed by atoms with Gasteiger partial charge < -0.3 is 10.1 Å². The van der Waals surface area contributed by atoms with E-state index in [0.29, 0.717) is 15.8 Å². The zero-order valence-electron chi connectivity index (χ0n) is 12.3. The summed E-state index contributed by atoms with van der Waals surface area (Å²) in [5.41, 5.74) is 0.563. The summed E-state index contributed by atoms with van der Waals surface area (Å²) in [7, 11) is 0. The minimum Gasteiger partial charge on any atom is -0.462 e. The predicted octanol–water partition coefficient (Wildman–Crippen LogP) is 3.94. The molecule has 0 atom stereocenters. The summed E-state index contributed by atoms with van der Waals surface area (Å²) in [5.74, 6) is -0.624. The number of hydroxylamine groups is 1. The molecule has 0 spiro atoms. The Balaban J connectivity index is 2.19. The Bertz CT molecular complexity index is 703. The first-order chi connectivity index (χ1) is 11.0. The standard InChI is InChI=1S/C16H15ClN2O4/c1-2-23-15(20)13-5-3-4-6-14(13)19(22)16(21)18-12-9-7-11(17)8-10-12/h3-10,22H,2H2,1H3,(H,18,21). The molecule has 0 unspecified atom stereocenters. The first kappa shape index (κ1) is 16.8. The average molecular weight is 335 g/mol. The number of amides is 2. The van der Waals surface area contributed by atoms with Crippen LogP contribution in [-0.4, -0.2) is 23.8 Å². The summed E-state index contributed by atoms with van der Waals surface area (Å²) < 4.78 is 4.91. The second kappa shape index (κ2) is 7.62. The van der Waals surface area contributed by atoms with E-state index < -0.39 is 12.0 Å². The topological polar surface area (TPSA) is 78.9 Å². The van der Waals surface area contributed by atoms with E-state index in [2.05, 4.69) is 5.32 Å². The number of nitrogens with zero attached hydrogens (tertiary/aromatic N) is 1. The van der Waals surface area contributed by atoms with Crippen LogP contribution in [0.5, 0.6) is 0 Å². The molecule has 0 aliphatic heterocycles. The zero-order valence-corrected chi connectivity index (χ0v) is 13.1. The quantitative estimate of drug-likeness (QED) is 0.504. The Kier molecular flexibility index (Phi) is 5.56. The van der Waals surface area contributed by atoms with Gasteiger partial charge in [-0.05, 0) is 43.3 Å². The zero-order chi connectivity index (χ0) is 16.8. The summed E-state index contributed by atoms with van der Waals surface area (Å²) in [4.78, 5) is 24.0. The Labute approximate surface area is 138 Å². The normalized spacial score (nSPS) is 10.0. The summed E-state index contributed by atoms with van der Waals surface area (Å²) in [6.07, 6.45) is 0. The van der Waals surface area contributed by atoms with Crippen LogP contribution in [0.15, 0.2) is 48.5 Å². The number of esters is 1. The fourth-order valence-electron chi connectivity index (χ4n) is 1.86. The number of nitrogens with one attached hydrogen (secondary N) is 1. The molecular weight excluding hydrogens is 320 g/mol. The number of hydrogen-bond acceptors (Lipinski definition) is 4. The second-order valence-electron chi connectivity index (χ2n) is 4.49. The van der Waals surface area contributed by atoms with E-state index in [9.17, 15) is 14.8 Å². The van der Waals surface area contributed by atoms with Gasteiger partial charge in [-0.2, -0.15) is 5.06 Å². The molecule has 120 valence electrons. The molecule has 0 fully saturated rings. The number of hydrogen-bond donors (Lipinski definition) is 2. The number of anilines is 2. The van der Waals surface area contributed by atoms with Crippen molar-refractivity contribution in [1.29, 1.82) is 0 Å². The van der Waals surface area contributed by atoms with Crippen molar-refractivity contribution in [3.63, 3.8) is 0 Å². The van der Waals surface area contributed by atoms with Crippen molar-refractivity contribution < 1.29 is 19.5 Å². The van der Waals surface area contributed by atoms with E-state index in [0.717, 1.165) is 0 Å². The van der Waals surface area contributed by atoms with E-state index >= 15 is 0 Å². The van der Waals surface area contributed by atoms with Gasteiger partial charge in [0.05, 0.1) is 17.9 Å². The molecule has 0 radical (unpaired) electrons. The number of halogens is 1. The highest BCUT2D eigenvalue weighted by atomic mass is 35.5. The van der Waals surface area contributed by atoms with Crippen molar-refractivity contribution in [2.75, 3.05) is 17.0 Å². The van der Waals surface area contributed by atoms with Gasteiger partial charge in [0.15, 0.2) is 0 Å². The first-order valence-corrected chi connectivity index (χ1v) is 7.22. The Morgan fingerprint density at radius 2 is 1.83 bits per heavy atom. The highest BCUT2D eigenvalue weighted by Gasteiger charge is 2.21. The lowest BCUT2D eigenvalue weighted by atomic mass is 10.2. The minimum atomic E-state index is -0.816. The molecule has 0 aliphatic rings. The number of benzene rings is 2. The Morgan fingerprint density at radius 1 is 1.17 bits per heavy atom. The molecule has 23 heavy (non-hydrogen) atoms. The van der Waals surface area contributed by atoms with Crippen LogP contribution in [0.1, 0.15) is 17.3 Å². The first-order valence-electron chi connectivity index (χ1n) is 6.84. The number of rotatable bonds is 4. The maximum atomic E-state index is 12.1. The molecule has 2 aromatic rings. The van der Waals surface area contributed by atoms with Gasteiger partial charge in [0.2, 0.25) is 0 Å². The van der Waals surface area contributed by atoms with Crippen LogP contribution in [0.4, 0.5) is 16.2 Å². The van der Waals surface area contributed by atoms with Gasteiger partial charge in [0.25, 0.3) is 0 Å². The van der Waals surface area contributed by atoms with E-state index in [4.69, 9.17) is 16.3 Å². The maximum absolute atomic E-state index is 12.1. The minimum absolute atomic E-state index is 0.0254. The molecular formula is C16H15ClN2O4. The molecule has 0 saturated heterocycles. The van der Waals surface area contributed by atoms with Crippen LogP contribution in [0.25, 0.3) is 0 Å². The van der Waals surface area contributed by atoms with Crippen LogP contribution < -0.4 is 10.4 Å². The van der Waals surface area contributed by atoms with E-state index in [1.165, 1.54) is 12.1 Å². The number of urea groups is 1. The monoisotopic (exact) mass is 334 g/mol. The predicted molar refractivity (Wildman–Crippen MR) is 87.1 cm³/mol. The van der Waals surface area contributed by atoms with Gasteiger partial charge in [-0.25, -0.2) is 9.59 Å². The largest absolute Gasteiger partial charge is 0.462 e. The highest BCUT2D eigenvalue weighted by molar-refractivity contribution is 6.30. The van der Waals surface area contributed by atoms with Crippen molar-refractivity contribution in [2.45, 2.75) is 6.92 Å². The number of carbonyl (C=O) groups is 2. The lowest BCUT2D eigenvalue weighted by Crippen LogP contribution is -2.33. The SMILES string of the molecule is CCOC(=O)c1ccccc1N(O)C(=O)Nc1ccc(Cl)cc1. The lowest BCUT2D eigenvalue weighted by molar-refractivity contribution is 0.0526. The summed E-state index contributed by atoms with van der Waals surface area (Å²) >= 11 is 5.77. The van der Waals surface area contributed by atoms with E-state index in [1.807, 2.05) is 0 Å². The molecule has 0 aliphatic carbocycles. The molecule has 0 saturated carbocycles. The summed E-state index contributed by atoms with van der Waals surface area (Å²) in [6, 6.07) is 11.7. The van der Waals surface area contributed by atoms with Crippen LogP contribution in [-0.2, 0) is 4.74 Å². The third kappa shape index (κ3) is 4.21. The van der Waals surface area contributed by atoms with Crippen molar-refractivity contribution in [3.05, 3.63) is 59.1 Å². The van der Waals surface area contributed by atoms with Crippen LogP contribution in [0.3, 0.4) is 0 Å². The molecule has 6 nitrogen and oxygen atoms in total. The van der Waals surface area contributed by atoms with Gasteiger partial charge in [0.1, 0.15) is 0 Å². The molecule has 2 N–H and O–H groups in total. The molecule has 2 amide bonds. The van der Waals surface area contributed by atoms with E-state index in [1.54, 1.807) is 43.3 Å². The van der Waals surface area contributed by atoms with Crippen LogP contribution in [0.2, 0.25) is 5.02 Å². The maximum Gasteiger partial charge on any atom is 0.350 e. The van der Waals surface area contributed by atoms with Gasteiger partial charge >= 0.3 is 12.0 Å². The molecule has 0 aromatic heterocycles. The van der Waals surface area contributed by atoms with Crippen molar-refractivity contribution in [1.82, 2.24) is 0 Å². The molecule has 2 rings (SSSR count). The summed E-state index contributed by atoms with van der Waals surface area (Å²) in [6.45, 7) is 1.86. The molecule has 0 heterocycles. The Morgan fingerprint density at radius 3 is 2.48 bits per heavy atom. The fourth-order valence-corrected chi connectivity index (χ4v) is 1.98. The van der Waals surface area contributed by atoms with Crippen molar-refractivity contribution in [2.24, 2.45) is 0 Å². The van der Waals surface area contributed by atoms with Crippen molar-refractivity contribution in [3.8, 4) is 0 Å². The third-order valence-electron chi connectivity index (χ3n) is 2.92. The van der Waals surface area contributed by atoms with Gasteiger partial charge in [-0.15, -0.1) is 0 Å². The van der Waals surface area contributed by atoms with Gasteiger partial charge in [0, 0.05) is 10.7 Å². The Hall–Kier alpha value is -2.57. The van der Waals surface area contributed by atoms with Crippen LogP contribution >= 0.6 is 11.6 Å². The fraction of sp³-hybridized carbons (Fsp3) is 0.125. The number of carbonyl (C=O) groups excluding carboxylic acids is 2. The molecule has 2 aromatic carbocycles. The third-order valence-corrected chi connectivity index (χ3v) is 3.17. The summed E-state index contributed by atoms with van der Waals surface area (Å²) in [5, 5.41) is 13.5. The van der Waals surface area contributed by atoms with Crippen LogP contribution in [0, 0.1) is 0 Å². The van der Waals surface area contributed by atoms with Gasteiger partial charge in [-0.1, -0.05) is 23.7 Å². The number of para-hydroxylation sites is 1. The number of ether oxygens (including phenoxy) is 1. The molecule has 0 bridgehead atoms.